The second-order valence-corrected chi connectivity index (χ2v) is 8.79. The number of aromatic nitrogens is 2. The number of carbonyl (C=O) groups excluding carboxylic acids is 1. The molecule has 0 aliphatic carbocycles. The van der Waals surface area contributed by atoms with E-state index >= 15 is 0 Å². The molecule has 1 saturated heterocycles. The lowest BCUT2D eigenvalue weighted by atomic mass is 9.90. The smallest absolute Gasteiger partial charge is 0.241 e. The monoisotopic (exact) mass is 444 g/mol. The number of amides is 1. The highest BCUT2D eigenvalue weighted by Gasteiger charge is 2.30. The number of rotatable bonds is 6. The average Bonchev–Trinajstić information content (AvgIpc) is 3.53. The van der Waals surface area contributed by atoms with Crippen LogP contribution in [-0.4, -0.2) is 52.0 Å². The quantitative estimate of drug-likeness (QED) is 0.444. The van der Waals surface area contributed by atoms with Gasteiger partial charge in [-0.1, -0.05) is 71.9 Å². The van der Waals surface area contributed by atoms with Gasteiger partial charge in [0.2, 0.25) is 17.6 Å². The van der Waals surface area contributed by atoms with E-state index in [-0.39, 0.29) is 11.8 Å². The zero-order chi connectivity index (χ0) is 21.8. The molecule has 0 unspecified atom stereocenters. The lowest BCUT2D eigenvalue weighted by molar-refractivity contribution is -0.133. The number of thiophene rings is 1. The molecule has 6 nitrogen and oxygen atoms in total. The Hall–Kier alpha value is -3.29. The van der Waals surface area contributed by atoms with E-state index in [2.05, 4.69) is 15.0 Å². The van der Waals surface area contributed by atoms with Crippen molar-refractivity contribution >= 4 is 17.2 Å². The Kier molecular flexibility index (Phi) is 6.09. The molecular formula is C25H24N4O2S. The Morgan fingerprint density at radius 2 is 1.56 bits per heavy atom. The maximum absolute atomic E-state index is 13.6. The fourth-order valence-corrected chi connectivity index (χ4v) is 4.74. The van der Waals surface area contributed by atoms with Crippen LogP contribution in [0.1, 0.15) is 22.9 Å². The van der Waals surface area contributed by atoms with E-state index in [1.807, 2.05) is 83.1 Å². The van der Waals surface area contributed by atoms with E-state index in [1.54, 1.807) is 11.3 Å². The molecule has 1 aliphatic rings. The third kappa shape index (κ3) is 4.49. The van der Waals surface area contributed by atoms with Gasteiger partial charge in [-0.2, -0.15) is 4.98 Å². The molecule has 1 amide bonds. The van der Waals surface area contributed by atoms with Crippen LogP contribution in [-0.2, 0) is 11.3 Å². The molecule has 1 aliphatic heterocycles. The first kappa shape index (κ1) is 20.6. The summed E-state index contributed by atoms with van der Waals surface area (Å²) in [6.07, 6.45) is 0. The maximum atomic E-state index is 13.6. The highest BCUT2D eigenvalue weighted by atomic mass is 32.1. The minimum absolute atomic E-state index is 0.153. The molecular weight excluding hydrogens is 420 g/mol. The first-order valence-corrected chi connectivity index (χ1v) is 11.6. The summed E-state index contributed by atoms with van der Waals surface area (Å²) in [4.78, 5) is 23.3. The first-order chi connectivity index (χ1) is 15.8. The van der Waals surface area contributed by atoms with Crippen LogP contribution < -0.4 is 0 Å². The van der Waals surface area contributed by atoms with Crippen molar-refractivity contribution in [1.29, 1.82) is 0 Å². The van der Waals surface area contributed by atoms with Gasteiger partial charge in [0.1, 0.15) is 0 Å². The van der Waals surface area contributed by atoms with Gasteiger partial charge in [0.15, 0.2) is 0 Å². The van der Waals surface area contributed by atoms with E-state index in [0.29, 0.717) is 31.3 Å². The van der Waals surface area contributed by atoms with Crippen LogP contribution in [0.3, 0.4) is 0 Å². The summed E-state index contributed by atoms with van der Waals surface area (Å²) in [7, 11) is 0. The standard InChI is InChI=1S/C25H24N4O2S/c30-25(23(19-8-3-1-4-9-19)20-10-5-2-6-11-20)29-15-13-28(14-16-29)18-22-26-24(27-31-22)21-12-7-17-32-21/h1-12,17,23H,13-16,18H2. The molecule has 32 heavy (non-hydrogen) atoms. The molecule has 4 aromatic rings. The highest BCUT2D eigenvalue weighted by molar-refractivity contribution is 7.13. The van der Waals surface area contributed by atoms with Gasteiger partial charge in [0, 0.05) is 26.2 Å². The normalized spacial score (nSPS) is 14.7. The molecule has 7 heteroatoms. The van der Waals surface area contributed by atoms with Crippen molar-refractivity contribution in [1.82, 2.24) is 19.9 Å². The molecule has 0 radical (unpaired) electrons. The van der Waals surface area contributed by atoms with Gasteiger partial charge in [-0.05, 0) is 22.6 Å². The van der Waals surface area contributed by atoms with Gasteiger partial charge < -0.3 is 9.42 Å². The van der Waals surface area contributed by atoms with Gasteiger partial charge in [-0.25, -0.2) is 0 Å². The van der Waals surface area contributed by atoms with Gasteiger partial charge >= 0.3 is 0 Å². The Morgan fingerprint density at radius 1 is 0.906 bits per heavy atom. The summed E-state index contributed by atoms with van der Waals surface area (Å²) < 4.78 is 5.44. The molecule has 0 saturated carbocycles. The molecule has 0 N–H and O–H groups in total. The summed E-state index contributed by atoms with van der Waals surface area (Å²) in [5.41, 5.74) is 2.05. The van der Waals surface area contributed by atoms with E-state index in [4.69, 9.17) is 4.52 Å². The molecule has 0 bridgehead atoms. The lowest BCUT2D eigenvalue weighted by Gasteiger charge is -2.36. The summed E-state index contributed by atoms with van der Waals surface area (Å²) in [6.45, 7) is 3.51. The largest absolute Gasteiger partial charge is 0.339 e. The Labute approximate surface area is 191 Å². The second-order valence-electron chi connectivity index (χ2n) is 7.84. The van der Waals surface area contributed by atoms with E-state index in [1.165, 1.54) is 0 Å². The number of hydrogen-bond donors (Lipinski definition) is 0. The number of hydrogen-bond acceptors (Lipinski definition) is 6. The number of carbonyl (C=O) groups is 1. The van der Waals surface area contributed by atoms with Crippen molar-refractivity contribution in [3.8, 4) is 10.7 Å². The number of nitrogens with zero attached hydrogens (tertiary/aromatic N) is 4. The van der Waals surface area contributed by atoms with E-state index in [0.717, 1.165) is 29.1 Å². The summed E-state index contributed by atoms with van der Waals surface area (Å²) in [5, 5.41) is 6.09. The molecule has 3 heterocycles. The van der Waals surface area contributed by atoms with Gasteiger partial charge in [-0.15, -0.1) is 11.3 Å². The number of piperazine rings is 1. The first-order valence-electron chi connectivity index (χ1n) is 10.8. The van der Waals surface area contributed by atoms with Crippen LogP contribution >= 0.6 is 11.3 Å². The Balaban J connectivity index is 1.24. The summed E-state index contributed by atoms with van der Waals surface area (Å²) in [6, 6.07) is 24.0. The van der Waals surface area contributed by atoms with Crippen LogP contribution in [0.4, 0.5) is 0 Å². The van der Waals surface area contributed by atoms with Gasteiger partial charge in [0.05, 0.1) is 17.3 Å². The predicted octanol–water partition coefficient (Wildman–Crippen LogP) is 4.27. The minimum Gasteiger partial charge on any atom is -0.339 e. The van der Waals surface area contributed by atoms with Crippen molar-refractivity contribution in [2.75, 3.05) is 26.2 Å². The lowest BCUT2D eigenvalue weighted by Crippen LogP contribution is -2.49. The third-order valence-electron chi connectivity index (χ3n) is 5.77. The van der Waals surface area contributed by atoms with Crippen molar-refractivity contribution in [2.24, 2.45) is 0 Å². The molecule has 0 atom stereocenters. The topological polar surface area (TPSA) is 62.5 Å². The maximum Gasteiger partial charge on any atom is 0.241 e. The minimum atomic E-state index is -0.284. The van der Waals surface area contributed by atoms with Crippen molar-refractivity contribution < 1.29 is 9.32 Å². The van der Waals surface area contributed by atoms with Crippen molar-refractivity contribution in [3.63, 3.8) is 0 Å². The highest BCUT2D eigenvalue weighted by Crippen LogP contribution is 2.27. The summed E-state index contributed by atoms with van der Waals surface area (Å²) >= 11 is 1.60. The van der Waals surface area contributed by atoms with Crippen LogP contribution in [0.2, 0.25) is 0 Å². The van der Waals surface area contributed by atoms with Crippen molar-refractivity contribution in [2.45, 2.75) is 12.5 Å². The van der Waals surface area contributed by atoms with Crippen LogP contribution in [0.5, 0.6) is 0 Å². The van der Waals surface area contributed by atoms with E-state index in [9.17, 15) is 4.79 Å². The third-order valence-corrected chi connectivity index (χ3v) is 6.63. The Bertz CT molecular complexity index is 1100. The van der Waals surface area contributed by atoms with Crippen LogP contribution in [0, 0.1) is 0 Å². The van der Waals surface area contributed by atoms with Gasteiger partial charge in [-0.3, -0.25) is 9.69 Å². The molecule has 162 valence electrons. The zero-order valence-electron chi connectivity index (χ0n) is 17.6. The fraction of sp³-hybridized carbons (Fsp3) is 0.240. The molecule has 1 fully saturated rings. The summed E-state index contributed by atoms with van der Waals surface area (Å²) in [5.74, 6) is 1.12. The zero-order valence-corrected chi connectivity index (χ0v) is 18.4. The molecule has 2 aromatic carbocycles. The number of benzene rings is 2. The molecule has 5 rings (SSSR count). The fourth-order valence-electron chi connectivity index (χ4n) is 4.09. The van der Waals surface area contributed by atoms with E-state index < -0.39 is 0 Å². The predicted molar refractivity (Wildman–Crippen MR) is 124 cm³/mol. The SMILES string of the molecule is O=C(C(c1ccccc1)c1ccccc1)N1CCN(Cc2nc(-c3cccs3)no2)CC1. The second kappa shape index (κ2) is 9.46. The molecule has 0 spiro atoms. The van der Waals surface area contributed by atoms with Crippen LogP contribution in [0.25, 0.3) is 10.7 Å². The van der Waals surface area contributed by atoms with Crippen LogP contribution in [0.15, 0.2) is 82.7 Å². The van der Waals surface area contributed by atoms with Crippen molar-refractivity contribution in [3.05, 3.63) is 95.2 Å². The average molecular weight is 445 g/mol. The van der Waals surface area contributed by atoms with Gasteiger partial charge in [0.25, 0.3) is 0 Å². The Morgan fingerprint density at radius 3 is 2.16 bits per heavy atom. The molecule has 2 aromatic heterocycles.